The first-order chi connectivity index (χ1) is 9.65. The summed E-state index contributed by atoms with van der Waals surface area (Å²) in [5, 5.41) is 0. The lowest BCUT2D eigenvalue weighted by Crippen LogP contribution is -1.92. The third-order valence-electron chi connectivity index (χ3n) is 3.64. The first-order valence-electron chi connectivity index (χ1n) is 7.14. The maximum absolute atomic E-state index is 12.8. The molecule has 2 aromatic carbocycles. The summed E-state index contributed by atoms with van der Waals surface area (Å²) in [7, 11) is 0. The average Bonchev–Trinajstić information content (AvgIpc) is 2.44. The predicted molar refractivity (Wildman–Crippen MR) is 86.5 cm³/mol. The van der Waals surface area contributed by atoms with Crippen molar-refractivity contribution in [2.75, 3.05) is 0 Å². The van der Waals surface area contributed by atoms with E-state index in [1.165, 1.54) is 36.0 Å². The Labute approximate surface area is 129 Å². The summed E-state index contributed by atoms with van der Waals surface area (Å²) >= 11 is 3.52. The molecule has 0 amide bonds. The highest BCUT2D eigenvalue weighted by atomic mass is 79.9. The summed E-state index contributed by atoms with van der Waals surface area (Å²) in [6, 6.07) is 13.3. The van der Waals surface area contributed by atoms with E-state index < -0.39 is 0 Å². The van der Waals surface area contributed by atoms with Crippen molar-refractivity contribution in [1.29, 1.82) is 0 Å². The van der Waals surface area contributed by atoms with E-state index in [4.69, 9.17) is 0 Å². The van der Waals surface area contributed by atoms with Crippen LogP contribution in [0.25, 0.3) is 0 Å². The van der Waals surface area contributed by atoms with Crippen molar-refractivity contribution < 1.29 is 4.39 Å². The maximum Gasteiger partial charge on any atom is 0.123 e. The van der Waals surface area contributed by atoms with E-state index in [2.05, 4.69) is 41.1 Å². The second-order valence-corrected chi connectivity index (χ2v) is 6.17. The minimum atomic E-state index is -0.154. The third-order valence-corrected chi connectivity index (χ3v) is 4.13. The van der Waals surface area contributed by atoms with E-state index in [0.29, 0.717) is 0 Å². The minimum absolute atomic E-state index is 0.154. The molecule has 0 N–H and O–H groups in total. The van der Waals surface area contributed by atoms with Gasteiger partial charge in [-0.2, -0.15) is 0 Å². The minimum Gasteiger partial charge on any atom is -0.207 e. The highest BCUT2D eigenvalue weighted by Crippen LogP contribution is 2.18. The Kier molecular flexibility index (Phi) is 5.78. The van der Waals surface area contributed by atoms with Crippen molar-refractivity contribution in [3.8, 4) is 0 Å². The molecule has 0 unspecified atom stereocenters. The van der Waals surface area contributed by atoms with E-state index in [1.54, 1.807) is 12.1 Å². The van der Waals surface area contributed by atoms with Gasteiger partial charge in [-0.1, -0.05) is 40.5 Å². The van der Waals surface area contributed by atoms with Gasteiger partial charge in [0.2, 0.25) is 0 Å². The lowest BCUT2D eigenvalue weighted by Gasteiger charge is -2.06. The van der Waals surface area contributed by atoms with E-state index in [0.717, 1.165) is 17.3 Å². The Morgan fingerprint density at radius 3 is 2.35 bits per heavy atom. The molecule has 0 spiro atoms. The number of aryl methyl sites for hydroxylation is 3. The SMILES string of the molecule is Cc1ccc(Br)cc1CCCCCc1ccc(F)cc1. The molecule has 0 saturated carbocycles. The second-order valence-electron chi connectivity index (χ2n) is 5.26. The Hall–Kier alpha value is -1.15. The molecule has 2 heteroatoms. The van der Waals surface area contributed by atoms with Crippen LogP contribution in [0.3, 0.4) is 0 Å². The van der Waals surface area contributed by atoms with E-state index in [1.807, 2.05) is 12.1 Å². The van der Waals surface area contributed by atoms with Crippen LogP contribution in [0.1, 0.15) is 36.0 Å². The van der Waals surface area contributed by atoms with Gasteiger partial charge < -0.3 is 0 Å². The molecule has 0 bridgehead atoms. The van der Waals surface area contributed by atoms with Crippen LogP contribution in [0.5, 0.6) is 0 Å². The first-order valence-corrected chi connectivity index (χ1v) is 7.94. The molecular formula is C18H20BrF. The van der Waals surface area contributed by atoms with Gasteiger partial charge in [-0.15, -0.1) is 0 Å². The van der Waals surface area contributed by atoms with Crippen LogP contribution in [-0.4, -0.2) is 0 Å². The van der Waals surface area contributed by atoms with Gasteiger partial charge >= 0.3 is 0 Å². The summed E-state index contributed by atoms with van der Waals surface area (Å²) in [6.07, 6.45) is 5.76. The summed E-state index contributed by atoms with van der Waals surface area (Å²) < 4.78 is 13.9. The number of hydrogen-bond acceptors (Lipinski definition) is 0. The van der Waals surface area contributed by atoms with Gasteiger partial charge in [0.25, 0.3) is 0 Å². The van der Waals surface area contributed by atoms with Crippen LogP contribution in [0, 0.1) is 12.7 Å². The number of benzene rings is 2. The molecule has 0 aliphatic heterocycles. The standard InChI is InChI=1S/C18H20BrF/c1-14-7-10-17(19)13-16(14)6-4-2-3-5-15-8-11-18(20)12-9-15/h7-13H,2-6H2,1H3. The molecule has 2 rings (SSSR count). The normalized spacial score (nSPS) is 10.8. The molecular weight excluding hydrogens is 315 g/mol. The van der Waals surface area contributed by atoms with Crippen LogP contribution in [0.15, 0.2) is 46.9 Å². The number of unbranched alkanes of at least 4 members (excludes halogenated alkanes) is 2. The van der Waals surface area contributed by atoms with Crippen molar-refractivity contribution >= 4 is 15.9 Å². The molecule has 0 saturated heterocycles. The average molecular weight is 335 g/mol. The quantitative estimate of drug-likeness (QED) is 0.581. The van der Waals surface area contributed by atoms with Crippen LogP contribution in [0.4, 0.5) is 4.39 Å². The van der Waals surface area contributed by atoms with E-state index >= 15 is 0 Å². The molecule has 0 aliphatic carbocycles. The fourth-order valence-corrected chi connectivity index (χ4v) is 2.79. The van der Waals surface area contributed by atoms with Gasteiger partial charge in [0, 0.05) is 4.47 Å². The molecule has 0 fully saturated rings. The van der Waals surface area contributed by atoms with Gasteiger partial charge in [0.15, 0.2) is 0 Å². The second kappa shape index (κ2) is 7.58. The first kappa shape index (κ1) is 15.2. The lowest BCUT2D eigenvalue weighted by molar-refractivity contribution is 0.625. The van der Waals surface area contributed by atoms with Crippen molar-refractivity contribution in [2.24, 2.45) is 0 Å². The predicted octanol–water partition coefficient (Wildman–Crippen LogP) is 5.85. The summed E-state index contributed by atoms with van der Waals surface area (Å²) in [6.45, 7) is 2.17. The molecule has 0 nitrogen and oxygen atoms in total. The van der Waals surface area contributed by atoms with Gasteiger partial charge in [0.05, 0.1) is 0 Å². The topological polar surface area (TPSA) is 0 Å². The van der Waals surface area contributed by atoms with Crippen molar-refractivity contribution in [1.82, 2.24) is 0 Å². The Bertz CT molecular complexity index is 546. The monoisotopic (exact) mass is 334 g/mol. The Morgan fingerprint density at radius 2 is 1.60 bits per heavy atom. The van der Waals surface area contributed by atoms with Gasteiger partial charge in [-0.05, 0) is 73.6 Å². The van der Waals surface area contributed by atoms with Crippen LogP contribution in [-0.2, 0) is 12.8 Å². The molecule has 0 aliphatic rings. The van der Waals surface area contributed by atoms with Crippen LogP contribution < -0.4 is 0 Å². The van der Waals surface area contributed by atoms with Crippen molar-refractivity contribution in [3.05, 3.63) is 69.4 Å². The Morgan fingerprint density at radius 1 is 0.900 bits per heavy atom. The van der Waals surface area contributed by atoms with Crippen LogP contribution >= 0.6 is 15.9 Å². The van der Waals surface area contributed by atoms with Gasteiger partial charge in [0.1, 0.15) is 5.82 Å². The molecule has 20 heavy (non-hydrogen) atoms. The molecule has 2 aromatic rings. The number of halogens is 2. The largest absolute Gasteiger partial charge is 0.207 e. The van der Waals surface area contributed by atoms with Crippen LogP contribution in [0.2, 0.25) is 0 Å². The number of rotatable bonds is 6. The Balaban J connectivity index is 1.71. The molecule has 0 heterocycles. The van der Waals surface area contributed by atoms with E-state index in [9.17, 15) is 4.39 Å². The molecule has 106 valence electrons. The van der Waals surface area contributed by atoms with E-state index in [-0.39, 0.29) is 5.82 Å². The van der Waals surface area contributed by atoms with Crippen molar-refractivity contribution in [3.63, 3.8) is 0 Å². The summed E-state index contributed by atoms with van der Waals surface area (Å²) in [4.78, 5) is 0. The zero-order chi connectivity index (χ0) is 14.4. The fraction of sp³-hybridized carbons (Fsp3) is 0.333. The van der Waals surface area contributed by atoms with Gasteiger partial charge in [-0.25, -0.2) is 4.39 Å². The van der Waals surface area contributed by atoms with Crippen molar-refractivity contribution in [2.45, 2.75) is 39.0 Å². The molecule has 0 aromatic heterocycles. The zero-order valence-corrected chi connectivity index (χ0v) is 13.4. The third kappa shape index (κ3) is 4.75. The number of hydrogen-bond donors (Lipinski definition) is 0. The molecule has 0 radical (unpaired) electrons. The lowest BCUT2D eigenvalue weighted by atomic mass is 10.0. The summed E-state index contributed by atoms with van der Waals surface area (Å²) in [5.41, 5.74) is 4.03. The fourth-order valence-electron chi connectivity index (χ4n) is 2.38. The maximum atomic E-state index is 12.8. The molecule has 0 atom stereocenters. The smallest absolute Gasteiger partial charge is 0.123 e. The zero-order valence-electron chi connectivity index (χ0n) is 11.8. The highest BCUT2D eigenvalue weighted by Gasteiger charge is 2.00. The van der Waals surface area contributed by atoms with Gasteiger partial charge in [-0.3, -0.25) is 0 Å². The summed E-state index contributed by atoms with van der Waals surface area (Å²) in [5.74, 6) is -0.154. The highest BCUT2D eigenvalue weighted by molar-refractivity contribution is 9.10.